The lowest BCUT2D eigenvalue weighted by molar-refractivity contribution is -0.136. The van der Waals surface area contributed by atoms with E-state index in [1.165, 1.54) is 17.7 Å². The first kappa shape index (κ1) is 23.4. The number of rotatable bonds is 8. The Bertz CT molecular complexity index is 1530. The highest BCUT2D eigenvalue weighted by atomic mass is 19.1. The summed E-state index contributed by atoms with van der Waals surface area (Å²) < 4.78 is 26.0. The predicted octanol–water partition coefficient (Wildman–Crippen LogP) is 7.67. The van der Waals surface area contributed by atoms with Gasteiger partial charge in [-0.05, 0) is 65.6 Å². The topological polar surface area (TPSA) is 59.7 Å². The molecule has 0 amide bonds. The first-order chi connectivity index (χ1) is 17.5. The number of benzene rings is 4. The second-order valence-electron chi connectivity index (χ2n) is 8.65. The molecule has 4 aromatic carbocycles. The van der Waals surface area contributed by atoms with Crippen LogP contribution in [-0.4, -0.2) is 11.1 Å². The number of hydrogen-bond donors (Lipinski definition) is 1. The Kier molecular flexibility index (Phi) is 6.54. The number of carboxylic acids is 1. The molecule has 0 bridgehead atoms. The maximum atomic E-state index is 13.6. The Balaban J connectivity index is 1.60. The fourth-order valence-corrected chi connectivity index (χ4v) is 4.38. The molecule has 1 heterocycles. The van der Waals surface area contributed by atoms with Crippen molar-refractivity contribution in [2.75, 3.05) is 0 Å². The highest BCUT2D eigenvalue weighted by Crippen LogP contribution is 2.37. The molecule has 0 radical (unpaired) electrons. The summed E-state index contributed by atoms with van der Waals surface area (Å²) in [6.07, 6.45) is 0.816. The smallest absolute Gasteiger partial charge is 0.307 e. The minimum absolute atomic E-state index is 0.134. The van der Waals surface area contributed by atoms with Crippen molar-refractivity contribution in [2.45, 2.75) is 26.4 Å². The van der Waals surface area contributed by atoms with Crippen molar-refractivity contribution in [1.82, 2.24) is 0 Å². The summed E-state index contributed by atoms with van der Waals surface area (Å²) in [7, 11) is 0. The number of halogens is 1. The molecule has 0 aliphatic rings. The number of carbonyl (C=O) groups is 1. The summed E-state index contributed by atoms with van der Waals surface area (Å²) in [6, 6.07) is 27.8. The maximum Gasteiger partial charge on any atom is 0.307 e. The standard InChI is InChI=1S/C31H25FO4/c1-2-20-6-5-8-22(16-20)23-12-15-29-26(17-23)27(31(36-29)21-10-13-25(32)14-11-21)19-35-28-9-4-3-7-24(28)18-30(33)34/h3-17H,2,18-19H2,1H3,(H,33,34). The first-order valence-electron chi connectivity index (χ1n) is 11.8. The monoisotopic (exact) mass is 480 g/mol. The minimum Gasteiger partial charge on any atom is -0.488 e. The van der Waals surface area contributed by atoms with E-state index in [1.807, 2.05) is 18.2 Å². The summed E-state index contributed by atoms with van der Waals surface area (Å²) in [5.41, 5.74) is 6.26. The van der Waals surface area contributed by atoms with Gasteiger partial charge in [-0.2, -0.15) is 0 Å². The Morgan fingerprint density at radius 3 is 2.42 bits per heavy atom. The van der Waals surface area contributed by atoms with Crippen molar-refractivity contribution in [3.63, 3.8) is 0 Å². The normalized spacial score (nSPS) is 11.1. The zero-order valence-electron chi connectivity index (χ0n) is 19.8. The van der Waals surface area contributed by atoms with Crippen LogP contribution in [0.2, 0.25) is 0 Å². The van der Waals surface area contributed by atoms with Crippen LogP contribution in [0.5, 0.6) is 5.75 Å². The molecule has 5 aromatic rings. The van der Waals surface area contributed by atoms with Crippen molar-refractivity contribution >= 4 is 16.9 Å². The first-order valence-corrected chi connectivity index (χ1v) is 11.8. The number of aliphatic carboxylic acids is 1. The molecule has 5 rings (SSSR count). The Morgan fingerprint density at radius 2 is 1.64 bits per heavy atom. The lowest BCUT2D eigenvalue weighted by atomic mass is 9.99. The Morgan fingerprint density at radius 1 is 0.889 bits per heavy atom. The van der Waals surface area contributed by atoms with Crippen molar-refractivity contribution in [2.24, 2.45) is 0 Å². The van der Waals surface area contributed by atoms with Gasteiger partial charge in [-0.1, -0.05) is 55.5 Å². The molecule has 0 unspecified atom stereocenters. The highest BCUT2D eigenvalue weighted by molar-refractivity contribution is 5.91. The third-order valence-electron chi connectivity index (χ3n) is 6.25. The number of ether oxygens (including phenoxy) is 1. The van der Waals surface area contributed by atoms with Crippen LogP contribution in [0.3, 0.4) is 0 Å². The van der Waals surface area contributed by atoms with E-state index in [0.29, 0.717) is 22.7 Å². The Hall–Kier alpha value is -4.38. The number of fused-ring (bicyclic) bond motifs is 1. The molecule has 1 aromatic heterocycles. The number of hydrogen-bond acceptors (Lipinski definition) is 3. The zero-order valence-corrected chi connectivity index (χ0v) is 19.8. The van der Waals surface area contributed by atoms with Gasteiger partial charge in [0.2, 0.25) is 0 Å². The fourth-order valence-electron chi connectivity index (χ4n) is 4.38. The summed E-state index contributed by atoms with van der Waals surface area (Å²) in [4.78, 5) is 11.3. The van der Waals surface area contributed by atoms with Crippen LogP contribution in [0, 0.1) is 5.82 Å². The Labute approximate surface area is 208 Å². The summed E-state index contributed by atoms with van der Waals surface area (Å²) in [5, 5.41) is 10.2. The van der Waals surface area contributed by atoms with Crippen LogP contribution in [0.25, 0.3) is 33.4 Å². The van der Waals surface area contributed by atoms with Crippen LogP contribution in [-0.2, 0) is 24.2 Å². The predicted molar refractivity (Wildman–Crippen MR) is 139 cm³/mol. The van der Waals surface area contributed by atoms with E-state index in [0.717, 1.165) is 34.1 Å². The number of aryl methyl sites for hydroxylation is 1. The van der Waals surface area contributed by atoms with Gasteiger partial charge in [-0.25, -0.2) is 4.39 Å². The van der Waals surface area contributed by atoms with Crippen molar-refractivity contribution < 1.29 is 23.4 Å². The molecule has 5 heteroatoms. The van der Waals surface area contributed by atoms with E-state index >= 15 is 0 Å². The van der Waals surface area contributed by atoms with Crippen molar-refractivity contribution in [1.29, 1.82) is 0 Å². The molecule has 0 aliphatic heterocycles. The molecule has 0 spiro atoms. The fraction of sp³-hybridized carbons (Fsp3) is 0.129. The number of carboxylic acid groups (broad SMARTS) is 1. The quantitative estimate of drug-likeness (QED) is 0.247. The van der Waals surface area contributed by atoms with Crippen LogP contribution < -0.4 is 4.74 Å². The largest absolute Gasteiger partial charge is 0.488 e. The molecular weight excluding hydrogens is 455 g/mol. The molecule has 1 N–H and O–H groups in total. The van der Waals surface area contributed by atoms with Gasteiger partial charge < -0.3 is 14.3 Å². The van der Waals surface area contributed by atoms with Crippen LogP contribution >= 0.6 is 0 Å². The van der Waals surface area contributed by atoms with Crippen molar-refractivity contribution in [3.8, 4) is 28.2 Å². The summed E-state index contributed by atoms with van der Waals surface area (Å²) in [5.74, 6) is -0.148. The molecule has 4 nitrogen and oxygen atoms in total. The second kappa shape index (κ2) is 10.1. The van der Waals surface area contributed by atoms with Gasteiger partial charge in [-0.15, -0.1) is 0 Å². The third kappa shape index (κ3) is 4.86. The van der Waals surface area contributed by atoms with Crippen molar-refractivity contribution in [3.05, 3.63) is 114 Å². The van der Waals surface area contributed by atoms with E-state index in [-0.39, 0.29) is 18.8 Å². The number of para-hydroxylation sites is 1. The van der Waals surface area contributed by atoms with E-state index in [9.17, 15) is 14.3 Å². The average Bonchev–Trinajstić information content (AvgIpc) is 3.26. The van der Waals surface area contributed by atoms with Gasteiger partial charge in [0.05, 0.1) is 6.42 Å². The van der Waals surface area contributed by atoms with E-state index in [1.54, 1.807) is 30.3 Å². The highest BCUT2D eigenvalue weighted by Gasteiger charge is 2.19. The van der Waals surface area contributed by atoms with Gasteiger partial charge >= 0.3 is 5.97 Å². The number of furan rings is 1. The lowest BCUT2D eigenvalue weighted by Gasteiger charge is -2.11. The maximum absolute atomic E-state index is 13.6. The summed E-state index contributed by atoms with van der Waals surface area (Å²) in [6.45, 7) is 2.29. The average molecular weight is 481 g/mol. The molecule has 0 saturated heterocycles. The lowest BCUT2D eigenvalue weighted by Crippen LogP contribution is -2.04. The van der Waals surface area contributed by atoms with Gasteiger partial charge in [0, 0.05) is 22.1 Å². The van der Waals surface area contributed by atoms with Crippen LogP contribution in [0.4, 0.5) is 4.39 Å². The van der Waals surface area contributed by atoms with Gasteiger partial charge in [0.15, 0.2) is 0 Å². The van der Waals surface area contributed by atoms with Gasteiger partial charge in [0.25, 0.3) is 0 Å². The van der Waals surface area contributed by atoms with E-state index in [2.05, 4.69) is 37.3 Å². The minimum atomic E-state index is -0.925. The SMILES string of the molecule is CCc1cccc(-c2ccc3oc(-c4ccc(F)cc4)c(COc4ccccc4CC(=O)O)c3c2)c1. The molecule has 0 saturated carbocycles. The van der Waals surface area contributed by atoms with Crippen LogP contribution in [0.1, 0.15) is 23.6 Å². The molecule has 180 valence electrons. The van der Waals surface area contributed by atoms with Gasteiger partial charge in [-0.3, -0.25) is 4.79 Å². The van der Waals surface area contributed by atoms with Crippen LogP contribution in [0.15, 0.2) is 95.4 Å². The zero-order chi connectivity index (χ0) is 25.1. The molecule has 0 atom stereocenters. The third-order valence-corrected chi connectivity index (χ3v) is 6.25. The second-order valence-corrected chi connectivity index (χ2v) is 8.65. The molecular formula is C31H25FO4. The van der Waals surface area contributed by atoms with E-state index in [4.69, 9.17) is 9.15 Å². The summed E-state index contributed by atoms with van der Waals surface area (Å²) >= 11 is 0. The van der Waals surface area contributed by atoms with E-state index < -0.39 is 5.97 Å². The molecule has 0 fully saturated rings. The molecule has 0 aliphatic carbocycles. The van der Waals surface area contributed by atoms with Gasteiger partial charge in [0.1, 0.15) is 29.5 Å². The molecule has 36 heavy (non-hydrogen) atoms.